The normalized spacial score (nSPS) is 17.8. The highest BCUT2D eigenvalue weighted by atomic mass is 79.9. The van der Waals surface area contributed by atoms with E-state index in [4.69, 9.17) is 16.3 Å². The molecule has 18 heavy (non-hydrogen) atoms. The smallest absolute Gasteiger partial charge is 0.150 e. The predicted molar refractivity (Wildman–Crippen MR) is 80.1 cm³/mol. The zero-order valence-electron chi connectivity index (χ0n) is 9.67. The Balaban J connectivity index is 1.93. The summed E-state index contributed by atoms with van der Waals surface area (Å²) in [5.41, 5.74) is 2.04. The largest absolute Gasteiger partial charge is 0.481 e. The van der Waals surface area contributed by atoms with E-state index >= 15 is 0 Å². The summed E-state index contributed by atoms with van der Waals surface area (Å²) < 4.78 is 7.19. The van der Waals surface area contributed by atoms with Crippen molar-refractivity contribution in [2.75, 3.05) is 11.9 Å². The van der Waals surface area contributed by atoms with E-state index in [1.807, 2.05) is 19.1 Å². The van der Waals surface area contributed by atoms with Crippen molar-refractivity contribution in [3.63, 3.8) is 0 Å². The molecule has 1 atom stereocenters. The first-order valence-electron chi connectivity index (χ1n) is 5.58. The summed E-state index contributed by atoms with van der Waals surface area (Å²) in [6.07, 6.45) is 0.0636. The Kier molecular flexibility index (Phi) is 3.26. The van der Waals surface area contributed by atoms with Crippen molar-refractivity contribution in [3.05, 3.63) is 43.5 Å². The van der Waals surface area contributed by atoms with Gasteiger partial charge in [0.2, 0.25) is 0 Å². The molecule has 0 amide bonds. The number of anilines is 1. The van der Waals surface area contributed by atoms with Crippen LogP contribution in [0.2, 0.25) is 5.02 Å². The number of hydrogen-bond acceptors (Lipinski definition) is 3. The fraction of sp³-hybridized carbons (Fsp3) is 0.231. The summed E-state index contributed by atoms with van der Waals surface area (Å²) in [5, 5.41) is 6.19. The van der Waals surface area contributed by atoms with Gasteiger partial charge in [0.15, 0.2) is 6.10 Å². The van der Waals surface area contributed by atoms with Crippen molar-refractivity contribution in [1.82, 2.24) is 0 Å². The number of nitrogens with one attached hydrogen (secondary N) is 1. The Morgan fingerprint density at radius 2 is 2.28 bits per heavy atom. The van der Waals surface area contributed by atoms with Crippen LogP contribution in [0.4, 0.5) is 5.69 Å². The van der Waals surface area contributed by atoms with Crippen LogP contribution in [-0.4, -0.2) is 6.54 Å². The van der Waals surface area contributed by atoms with E-state index in [-0.39, 0.29) is 6.10 Å². The molecule has 1 unspecified atom stereocenters. The van der Waals surface area contributed by atoms with Crippen LogP contribution < -0.4 is 10.1 Å². The molecule has 0 fully saturated rings. The molecule has 0 saturated carbocycles. The first kappa shape index (κ1) is 12.3. The summed E-state index contributed by atoms with van der Waals surface area (Å²) in [7, 11) is 0. The second-order valence-electron chi connectivity index (χ2n) is 4.25. The van der Waals surface area contributed by atoms with Gasteiger partial charge in [-0.25, -0.2) is 0 Å². The average molecular weight is 345 g/mol. The van der Waals surface area contributed by atoms with Crippen molar-refractivity contribution >= 4 is 44.6 Å². The van der Waals surface area contributed by atoms with E-state index in [1.165, 1.54) is 4.88 Å². The van der Waals surface area contributed by atoms with Crippen LogP contribution in [-0.2, 0) is 0 Å². The minimum absolute atomic E-state index is 0.0636. The van der Waals surface area contributed by atoms with Gasteiger partial charge >= 0.3 is 0 Å². The van der Waals surface area contributed by atoms with E-state index < -0.39 is 0 Å². The highest BCUT2D eigenvalue weighted by molar-refractivity contribution is 9.10. The molecule has 0 bridgehead atoms. The first-order valence-corrected chi connectivity index (χ1v) is 7.63. The summed E-state index contributed by atoms with van der Waals surface area (Å²) >= 11 is 11.2. The van der Waals surface area contributed by atoms with Gasteiger partial charge in [-0.1, -0.05) is 11.6 Å². The van der Waals surface area contributed by atoms with Crippen molar-refractivity contribution in [2.45, 2.75) is 13.0 Å². The van der Waals surface area contributed by atoms with Crippen LogP contribution in [0.3, 0.4) is 0 Å². The number of halogens is 2. The van der Waals surface area contributed by atoms with Gasteiger partial charge in [0.25, 0.3) is 0 Å². The lowest BCUT2D eigenvalue weighted by Crippen LogP contribution is -2.23. The molecule has 2 heterocycles. The number of hydrogen-bond donors (Lipinski definition) is 1. The Morgan fingerprint density at radius 3 is 3.00 bits per heavy atom. The van der Waals surface area contributed by atoms with Gasteiger partial charge in [-0.15, -0.1) is 11.3 Å². The topological polar surface area (TPSA) is 21.3 Å². The summed E-state index contributed by atoms with van der Waals surface area (Å²) in [6.45, 7) is 2.78. The third-order valence-corrected chi connectivity index (χ3v) is 4.89. The summed E-state index contributed by atoms with van der Waals surface area (Å²) in [4.78, 5) is 1.22. The van der Waals surface area contributed by atoms with Crippen LogP contribution in [0.25, 0.3) is 0 Å². The van der Waals surface area contributed by atoms with Crippen LogP contribution in [0, 0.1) is 6.92 Å². The lowest BCUT2D eigenvalue weighted by atomic mass is 10.1. The van der Waals surface area contributed by atoms with Gasteiger partial charge in [-0.3, -0.25) is 0 Å². The number of ether oxygens (including phenoxy) is 1. The number of aryl methyl sites for hydroxylation is 1. The van der Waals surface area contributed by atoms with Crippen LogP contribution in [0.1, 0.15) is 16.5 Å². The number of benzene rings is 1. The molecule has 0 saturated heterocycles. The molecule has 1 aliphatic heterocycles. The van der Waals surface area contributed by atoms with Gasteiger partial charge < -0.3 is 10.1 Å². The predicted octanol–water partition coefficient (Wildman–Crippen LogP) is 5.02. The molecule has 94 valence electrons. The summed E-state index contributed by atoms with van der Waals surface area (Å²) in [6, 6.07) is 5.94. The van der Waals surface area contributed by atoms with Crippen LogP contribution >= 0.6 is 38.9 Å². The van der Waals surface area contributed by atoms with E-state index in [0.717, 1.165) is 33.0 Å². The third kappa shape index (κ3) is 2.25. The molecule has 1 aromatic carbocycles. The molecular weight excluding hydrogens is 334 g/mol. The highest BCUT2D eigenvalue weighted by Crippen LogP contribution is 2.40. The molecule has 0 aliphatic carbocycles. The number of fused-ring (bicyclic) bond motifs is 1. The Morgan fingerprint density at radius 1 is 1.44 bits per heavy atom. The molecule has 2 aromatic rings. The molecular formula is C13H11BrClNOS. The van der Waals surface area contributed by atoms with Crippen molar-refractivity contribution in [3.8, 4) is 5.75 Å². The highest BCUT2D eigenvalue weighted by Gasteiger charge is 2.23. The zero-order chi connectivity index (χ0) is 12.7. The third-order valence-electron chi connectivity index (χ3n) is 2.88. The maximum absolute atomic E-state index is 6.09. The molecule has 1 N–H and O–H groups in total. The van der Waals surface area contributed by atoms with Crippen molar-refractivity contribution in [2.24, 2.45) is 0 Å². The molecule has 3 rings (SSSR count). The SMILES string of the molecule is Cc1cc(Cl)cc2c1OC(c1cc(Br)cs1)CN2. The molecule has 1 aliphatic rings. The molecule has 2 nitrogen and oxygen atoms in total. The minimum Gasteiger partial charge on any atom is -0.481 e. The number of rotatable bonds is 1. The fourth-order valence-corrected chi connectivity index (χ4v) is 3.81. The number of thiophene rings is 1. The molecule has 1 aromatic heterocycles. The maximum atomic E-state index is 6.09. The van der Waals surface area contributed by atoms with Crippen molar-refractivity contribution < 1.29 is 4.74 Å². The van der Waals surface area contributed by atoms with E-state index in [0.29, 0.717) is 0 Å². The van der Waals surface area contributed by atoms with E-state index in [9.17, 15) is 0 Å². The van der Waals surface area contributed by atoms with Gasteiger partial charge in [-0.05, 0) is 46.6 Å². The van der Waals surface area contributed by atoms with Crippen LogP contribution in [0.5, 0.6) is 5.75 Å². The first-order chi connectivity index (χ1) is 8.63. The second-order valence-corrected chi connectivity index (χ2v) is 6.55. The van der Waals surface area contributed by atoms with Gasteiger partial charge in [0, 0.05) is 19.8 Å². The lowest BCUT2D eigenvalue weighted by molar-refractivity contribution is 0.212. The van der Waals surface area contributed by atoms with E-state index in [1.54, 1.807) is 11.3 Å². The van der Waals surface area contributed by atoms with Gasteiger partial charge in [-0.2, -0.15) is 0 Å². The standard InChI is InChI=1S/C13H11BrClNOS/c1-7-2-9(15)4-10-13(7)17-11(5-16-10)12-3-8(14)6-18-12/h2-4,6,11,16H,5H2,1H3. The quantitative estimate of drug-likeness (QED) is 0.784. The Bertz CT molecular complexity index is 599. The molecule has 0 spiro atoms. The van der Waals surface area contributed by atoms with Gasteiger partial charge in [0.1, 0.15) is 5.75 Å². The minimum atomic E-state index is 0.0636. The zero-order valence-corrected chi connectivity index (χ0v) is 12.8. The fourth-order valence-electron chi connectivity index (χ4n) is 2.06. The molecule has 5 heteroatoms. The Hall–Kier alpha value is -0.710. The van der Waals surface area contributed by atoms with Gasteiger partial charge in [0.05, 0.1) is 12.2 Å². The Labute approximate surface area is 123 Å². The average Bonchev–Trinajstić information content (AvgIpc) is 2.75. The van der Waals surface area contributed by atoms with E-state index in [2.05, 4.69) is 32.7 Å². The van der Waals surface area contributed by atoms with Crippen molar-refractivity contribution in [1.29, 1.82) is 0 Å². The monoisotopic (exact) mass is 343 g/mol. The van der Waals surface area contributed by atoms with Crippen LogP contribution in [0.15, 0.2) is 28.1 Å². The second kappa shape index (κ2) is 4.76. The maximum Gasteiger partial charge on any atom is 0.150 e. The lowest BCUT2D eigenvalue weighted by Gasteiger charge is -2.28. The molecule has 0 radical (unpaired) electrons. The summed E-state index contributed by atoms with van der Waals surface area (Å²) in [5.74, 6) is 0.903.